The summed E-state index contributed by atoms with van der Waals surface area (Å²) in [6, 6.07) is 7.56. The lowest BCUT2D eigenvalue weighted by molar-refractivity contribution is -0.139. The number of carboxylic acid groups (broad SMARTS) is 1. The van der Waals surface area contributed by atoms with E-state index < -0.39 is 29.4 Å². The number of carboxylic acids is 1. The molecule has 2 aromatic heterocycles. The van der Waals surface area contributed by atoms with Crippen molar-refractivity contribution in [2.24, 2.45) is 0 Å². The van der Waals surface area contributed by atoms with Crippen LogP contribution in [0.5, 0.6) is 5.75 Å². The molecule has 10 nitrogen and oxygen atoms in total. The van der Waals surface area contributed by atoms with Gasteiger partial charge in [0.2, 0.25) is 5.95 Å². The van der Waals surface area contributed by atoms with Gasteiger partial charge in [-0.3, -0.25) is 9.59 Å². The van der Waals surface area contributed by atoms with E-state index in [9.17, 15) is 24.6 Å². The van der Waals surface area contributed by atoms with Gasteiger partial charge in [-0.25, -0.2) is 14.8 Å². The number of hydrogen-bond donors (Lipinski definition) is 5. The first kappa shape index (κ1) is 26.1. The van der Waals surface area contributed by atoms with Gasteiger partial charge in [-0.2, -0.15) is 0 Å². The predicted molar refractivity (Wildman–Crippen MR) is 139 cm³/mol. The van der Waals surface area contributed by atoms with Gasteiger partial charge in [0.15, 0.2) is 0 Å². The van der Waals surface area contributed by atoms with Gasteiger partial charge >= 0.3 is 5.97 Å². The minimum atomic E-state index is -1.33. The maximum absolute atomic E-state index is 13.0. The van der Waals surface area contributed by atoms with Crippen LogP contribution in [0.1, 0.15) is 55.9 Å². The van der Waals surface area contributed by atoms with Crippen LogP contribution in [-0.2, 0) is 17.6 Å². The van der Waals surface area contributed by atoms with E-state index in [0.29, 0.717) is 28.6 Å². The Kier molecular flexibility index (Phi) is 7.44. The second-order valence-corrected chi connectivity index (χ2v) is 10.4. The molecule has 4 rings (SSSR count). The number of carbonyl (C=O) groups is 3. The number of nitrogens with zero attached hydrogens (tertiary/aromatic N) is 2. The van der Waals surface area contributed by atoms with Crippen molar-refractivity contribution in [1.29, 1.82) is 0 Å². The lowest BCUT2D eigenvalue weighted by Crippen LogP contribution is -2.48. The van der Waals surface area contributed by atoms with Gasteiger partial charge in [-0.05, 0) is 68.7 Å². The van der Waals surface area contributed by atoms with E-state index in [1.54, 1.807) is 37.4 Å². The Labute approximate surface area is 218 Å². The zero-order chi connectivity index (χ0) is 26.7. The maximum atomic E-state index is 13.0. The summed E-state index contributed by atoms with van der Waals surface area (Å²) in [6.45, 7) is 5.09. The number of aromatic hydroxyl groups is 1. The van der Waals surface area contributed by atoms with E-state index in [4.69, 9.17) is 0 Å². The number of amides is 2. The number of hydrogen-bond acceptors (Lipinski definition) is 8. The van der Waals surface area contributed by atoms with Crippen molar-refractivity contribution in [3.05, 3.63) is 68.7 Å². The fourth-order valence-corrected chi connectivity index (χ4v) is 5.19. The first-order chi connectivity index (χ1) is 17.6. The van der Waals surface area contributed by atoms with Crippen molar-refractivity contribution in [1.82, 2.24) is 20.6 Å². The molecule has 0 aliphatic heterocycles. The molecular formula is C26H29N5O5S. The molecule has 1 aromatic carbocycles. The Bertz CT molecular complexity index is 1320. The lowest BCUT2D eigenvalue weighted by Gasteiger charge is -2.36. The Hall–Kier alpha value is -3.99. The van der Waals surface area contributed by atoms with Crippen LogP contribution in [-0.4, -0.2) is 56.1 Å². The Morgan fingerprint density at radius 3 is 2.49 bits per heavy atom. The number of phenols is 1. The minimum Gasteiger partial charge on any atom is -0.508 e. The van der Waals surface area contributed by atoms with E-state index in [1.807, 2.05) is 19.1 Å². The summed E-state index contributed by atoms with van der Waals surface area (Å²) >= 11 is 1.23. The molecule has 2 amide bonds. The molecule has 1 aliphatic rings. The predicted octanol–water partition coefficient (Wildman–Crippen LogP) is 2.83. The highest BCUT2D eigenvalue weighted by atomic mass is 32.1. The molecule has 1 unspecified atom stereocenters. The van der Waals surface area contributed by atoms with Crippen molar-refractivity contribution in [2.75, 3.05) is 11.9 Å². The maximum Gasteiger partial charge on any atom is 0.328 e. The summed E-state index contributed by atoms with van der Waals surface area (Å²) in [7, 11) is 0. The molecule has 0 saturated carbocycles. The fraction of sp³-hybridized carbons (Fsp3) is 0.346. The summed E-state index contributed by atoms with van der Waals surface area (Å²) < 4.78 is 0. The molecule has 37 heavy (non-hydrogen) atoms. The molecule has 2 atom stereocenters. The quantitative estimate of drug-likeness (QED) is 0.302. The highest BCUT2D eigenvalue weighted by Gasteiger charge is 2.32. The standard InChI is InChI=1S/C26H29N5O5S/c1-14-21(23(34)30-18(24(35)36)13-27-22(33)20-8-5-11-37-20)15(2)29-25(28-14)31-26(3)10-9-16-6-4-7-19(32)17(16)12-26/h4-8,11,18,32H,9-10,12-13H2,1-3H3,(H,27,33)(H,30,34)(H,35,36)(H,28,29,31)/t18-,26?/m0/s1. The second-order valence-electron chi connectivity index (χ2n) is 9.42. The average Bonchev–Trinajstić information content (AvgIpc) is 3.36. The van der Waals surface area contributed by atoms with Crippen molar-refractivity contribution in [3.8, 4) is 5.75 Å². The first-order valence-electron chi connectivity index (χ1n) is 11.8. The topological polar surface area (TPSA) is 154 Å². The molecule has 1 aliphatic carbocycles. The van der Waals surface area contributed by atoms with Crippen LogP contribution in [0.15, 0.2) is 35.7 Å². The largest absolute Gasteiger partial charge is 0.508 e. The van der Waals surface area contributed by atoms with Crippen LogP contribution in [0.25, 0.3) is 0 Å². The van der Waals surface area contributed by atoms with E-state index in [-0.39, 0.29) is 17.9 Å². The molecule has 2 heterocycles. The van der Waals surface area contributed by atoms with Gasteiger partial charge in [0.25, 0.3) is 11.8 Å². The number of nitrogens with one attached hydrogen (secondary N) is 3. The number of aliphatic carboxylic acids is 1. The van der Waals surface area contributed by atoms with Crippen molar-refractivity contribution < 1.29 is 24.6 Å². The third kappa shape index (κ3) is 5.88. The second kappa shape index (κ2) is 10.6. The molecule has 0 spiro atoms. The minimum absolute atomic E-state index is 0.179. The van der Waals surface area contributed by atoms with Crippen molar-refractivity contribution in [3.63, 3.8) is 0 Å². The van der Waals surface area contributed by atoms with Crippen LogP contribution >= 0.6 is 11.3 Å². The highest BCUT2D eigenvalue weighted by molar-refractivity contribution is 7.12. The lowest BCUT2D eigenvalue weighted by atomic mass is 9.79. The SMILES string of the molecule is Cc1nc(NC2(C)CCc3cccc(O)c3C2)nc(C)c1C(=O)N[C@@H](CNC(=O)c1cccs1)C(=O)O. The van der Waals surface area contributed by atoms with Gasteiger partial charge < -0.3 is 26.2 Å². The van der Waals surface area contributed by atoms with E-state index in [0.717, 1.165) is 24.0 Å². The number of benzene rings is 1. The number of aromatic nitrogens is 2. The molecule has 5 N–H and O–H groups in total. The van der Waals surface area contributed by atoms with Crippen LogP contribution in [0.2, 0.25) is 0 Å². The third-order valence-electron chi connectivity index (χ3n) is 6.49. The number of thiophene rings is 1. The third-order valence-corrected chi connectivity index (χ3v) is 7.36. The number of anilines is 1. The van der Waals surface area contributed by atoms with Crippen LogP contribution in [0, 0.1) is 13.8 Å². The van der Waals surface area contributed by atoms with E-state index in [1.165, 1.54) is 11.3 Å². The van der Waals surface area contributed by atoms with E-state index in [2.05, 4.69) is 25.9 Å². The monoisotopic (exact) mass is 523 g/mol. The molecule has 0 saturated heterocycles. The Morgan fingerprint density at radius 2 is 1.84 bits per heavy atom. The average molecular weight is 524 g/mol. The van der Waals surface area contributed by atoms with Crippen molar-refractivity contribution >= 4 is 35.1 Å². The van der Waals surface area contributed by atoms with Gasteiger partial charge in [-0.15, -0.1) is 11.3 Å². The fourth-order valence-electron chi connectivity index (χ4n) is 4.55. The van der Waals surface area contributed by atoms with Crippen LogP contribution < -0.4 is 16.0 Å². The summed E-state index contributed by atoms with van der Waals surface area (Å²) in [4.78, 5) is 46.3. The molecule has 11 heteroatoms. The van der Waals surface area contributed by atoms with Gasteiger partial charge in [0.1, 0.15) is 11.8 Å². The molecule has 0 bridgehead atoms. The normalized spacial score (nSPS) is 17.4. The molecule has 194 valence electrons. The molecule has 0 fully saturated rings. The number of carbonyl (C=O) groups excluding carboxylic acids is 2. The molecular weight excluding hydrogens is 494 g/mol. The zero-order valence-corrected chi connectivity index (χ0v) is 21.6. The smallest absolute Gasteiger partial charge is 0.328 e. The summed E-state index contributed by atoms with van der Waals surface area (Å²) in [5.74, 6) is -1.70. The summed E-state index contributed by atoms with van der Waals surface area (Å²) in [5.41, 5.74) is 2.59. The number of phenolic OH excluding ortho intramolecular Hbond substituents is 1. The van der Waals surface area contributed by atoms with Gasteiger partial charge in [0, 0.05) is 12.1 Å². The summed E-state index contributed by atoms with van der Waals surface area (Å²) in [6.07, 6.45) is 2.20. The van der Waals surface area contributed by atoms with Gasteiger partial charge in [-0.1, -0.05) is 18.2 Å². The zero-order valence-electron chi connectivity index (χ0n) is 20.8. The highest BCUT2D eigenvalue weighted by Crippen LogP contribution is 2.35. The number of aryl methyl sites for hydroxylation is 3. The van der Waals surface area contributed by atoms with Crippen LogP contribution in [0.4, 0.5) is 5.95 Å². The number of fused-ring (bicyclic) bond motifs is 1. The van der Waals surface area contributed by atoms with Gasteiger partial charge in [0.05, 0.1) is 21.8 Å². The van der Waals surface area contributed by atoms with Crippen LogP contribution in [0.3, 0.4) is 0 Å². The molecule has 3 aromatic rings. The van der Waals surface area contributed by atoms with E-state index >= 15 is 0 Å². The summed E-state index contributed by atoms with van der Waals surface area (Å²) in [5, 5.41) is 30.0. The molecule has 0 radical (unpaired) electrons. The first-order valence-corrected chi connectivity index (χ1v) is 12.7. The Balaban J connectivity index is 1.45. The number of rotatable bonds is 8. The van der Waals surface area contributed by atoms with Crippen molar-refractivity contribution in [2.45, 2.75) is 51.6 Å². The Morgan fingerprint density at radius 1 is 1.11 bits per heavy atom.